The van der Waals surface area contributed by atoms with Gasteiger partial charge in [-0.25, -0.2) is 0 Å². The van der Waals surface area contributed by atoms with Gasteiger partial charge in [-0.3, -0.25) is 14.4 Å². The predicted octanol–water partition coefficient (Wildman–Crippen LogP) is 17.3. The van der Waals surface area contributed by atoms with Crippen LogP contribution in [0.5, 0.6) is 0 Å². The van der Waals surface area contributed by atoms with Crippen molar-refractivity contribution in [2.75, 3.05) is 13.2 Å². The van der Waals surface area contributed by atoms with Crippen LogP contribution in [0.4, 0.5) is 0 Å². The first-order valence-corrected chi connectivity index (χ1v) is 26.0. The Morgan fingerprint density at radius 3 is 1.06 bits per heavy atom. The van der Waals surface area contributed by atoms with Crippen molar-refractivity contribution in [3.05, 3.63) is 122 Å². The van der Waals surface area contributed by atoms with E-state index < -0.39 is 6.10 Å². The third kappa shape index (κ3) is 50.7. The van der Waals surface area contributed by atoms with Gasteiger partial charge in [0.1, 0.15) is 13.2 Å². The first kappa shape index (κ1) is 60.8. The molecular weight excluding hydrogens is 805 g/mol. The lowest BCUT2D eigenvalue weighted by molar-refractivity contribution is -0.167. The SMILES string of the molecule is CC/C=C\C/C=C\C/C=C\C/C=C\C/C=C\C/C=C\C/C=C\C/C=C\C/C=C\CCCC(=O)OCC(COC(=O)CCCCCCCCC)OC(=O)CCCCCCC/C=C\CCCC. The van der Waals surface area contributed by atoms with Gasteiger partial charge in [0.2, 0.25) is 0 Å². The number of unbranched alkanes of at least 4 members (excludes halogenated alkanes) is 14. The maximum Gasteiger partial charge on any atom is 0.306 e. The van der Waals surface area contributed by atoms with Gasteiger partial charge >= 0.3 is 17.9 Å². The van der Waals surface area contributed by atoms with E-state index in [1.165, 1.54) is 51.4 Å². The van der Waals surface area contributed by atoms with E-state index in [0.717, 1.165) is 116 Å². The van der Waals surface area contributed by atoms with E-state index in [1.807, 2.05) is 0 Å². The van der Waals surface area contributed by atoms with E-state index >= 15 is 0 Å². The Kier molecular flexibility index (Phi) is 49.1. The Hall–Kier alpha value is -4.19. The van der Waals surface area contributed by atoms with Crippen molar-refractivity contribution < 1.29 is 28.6 Å². The first-order valence-electron chi connectivity index (χ1n) is 26.0. The normalized spacial score (nSPS) is 13.1. The zero-order chi connectivity index (χ0) is 47.2. The van der Waals surface area contributed by atoms with Crippen molar-refractivity contribution in [2.45, 2.75) is 219 Å². The molecule has 0 aliphatic carbocycles. The summed E-state index contributed by atoms with van der Waals surface area (Å²) in [6.07, 6.45) is 72.2. The second-order valence-electron chi connectivity index (χ2n) is 16.7. The molecule has 1 atom stereocenters. The van der Waals surface area contributed by atoms with Crippen molar-refractivity contribution in [1.82, 2.24) is 0 Å². The number of carbonyl (C=O) groups is 3. The monoisotopic (exact) mass is 899 g/mol. The molecule has 6 nitrogen and oxygen atoms in total. The van der Waals surface area contributed by atoms with Gasteiger partial charge in [0.25, 0.3) is 0 Å². The van der Waals surface area contributed by atoms with Crippen LogP contribution in [-0.2, 0) is 28.6 Å². The smallest absolute Gasteiger partial charge is 0.306 e. The largest absolute Gasteiger partial charge is 0.462 e. The molecule has 0 rings (SSSR count). The van der Waals surface area contributed by atoms with Crippen LogP contribution in [0.15, 0.2) is 122 Å². The van der Waals surface area contributed by atoms with Gasteiger partial charge in [0, 0.05) is 19.3 Å². The summed E-state index contributed by atoms with van der Waals surface area (Å²) in [6.45, 7) is 6.36. The molecule has 0 aliphatic rings. The van der Waals surface area contributed by atoms with Gasteiger partial charge in [-0.05, 0) is 103 Å². The quantitative estimate of drug-likeness (QED) is 0.0262. The fraction of sp³-hybridized carbons (Fsp3) is 0.610. The molecule has 0 aromatic heterocycles. The second kappa shape index (κ2) is 52.4. The summed E-state index contributed by atoms with van der Waals surface area (Å²) in [4.78, 5) is 37.7. The van der Waals surface area contributed by atoms with Gasteiger partial charge in [0.05, 0.1) is 0 Å². The molecule has 0 fully saturated rings. The topological polar surface area (TPSA) is 78.9 Å². The van der Waals surface area contributed by atoms with Crippen LogP contribution in [0.3, 0.4) is 0 Å². The lowest BCUT2D eigenvalue weighted by Crippen LogP contribution is -2.30. The summed E-state index contributed by atoms with van der Waals surface area (Å²) >= 11 is 0. The number of allylic oxidation sites excluding steroid dienone is 20. The molecule has 65 heavy (non-hydrogen) atoms. The molecule has 0 N–H and O–H groups in total. The van der Waals surface area contributed by atoms with Crippen molar-refractivity contribution in [3.63, 3.8) is 0 Å². The van der Waals surface area contributed by atoms with Crippen LogP contribution in [0.1, 0.15) is 213 Å². The molecule has 0 saturated carbocycles. The number of ether oxygens (including phenoxy) is 3. The summed E-state index contributed by atoms with van der Waals surface area (Å²) in [5.74, 6) is -0.991. The third-order valence-corrected chi connectivity index (χ3v) is 10.5. The Morgan fingerprint density at radius 2 is 0.631 bits per heavy atom. The molecule has 0 saturated heterocycles. The van der Waals surface area contributed by atoms with Crippen LogP contribution >= 0.6 is 0 Å². The van der Waals surface area contributed by atoms with Gasteiger partial charge in [-0.2, -0.15) is 0 Å². The Morgan fingerprint density at radius 1 is 0.323 bits per heavy atom. The summed E-state index contributed by atoms with van der Waals surface area (Å²) < 4.78 is 16.6. The highest BCUT2D eigenvalue weighted by Gasteiger charge is 2.19. The van der Waals surface area contributed by atoms with Crippen LogP contribution < -0.4 is 0 Å². The summed E-state index contributed by atoms with van der Waals surface area (Å²) in [5, 5.41) is 0. The molecule has 0 aromatic rings. The molecule has 0 aliphatic heterocycles. The zero-order valence-electron chi connectivity index (χ0n) is 41.7. The summed E-state index contributed by atoms with van der Waals surface area (Å²) in [5.41, 5.74) is 0. The molecule has 0 radical (unpaired) electrons. The maximum atomic E-state index is 12.7. The van der Waals surface area contributed by atoms with Crippen molar-refractivity contribution >= 4 is 17.9 Å². The first-order chi connectivity index (χ1) is 32.0. The molecule has 0 spiro atoms. The maximum absolute atomic E-state index is 12.7. The van der Waals surface area contributed by atoms with Crippen LogP contribution in [0.2, 0.25) is 0 Å². The fourth-order valence-electron chi connectivity index (χ4n) is 6.54. The van der Waals surface area contributed by atoms with Gasteiger partial charge < -0.3 is 14.2 Å². The van der Waals surface area contributed by atoms with E-state index in [9.17, 15) is 14.4 Å². The van der Waals surface area contributed by atoms with Crippen molar-refractivity contribution in [2.24, 2.45) is 0 Å². The number of hydrogen-bond acceptors (Lipinski definition) is 6. The van der Waals surface area contributed by atoms with E-state index in [4.69, 9.17) is 14.2 Å². The zero-order valence-corrected chi connectivity index (χ0v) is 41.7. The Balaban J connectivity index is 4.29. The average molecular weight is 899 g/mol. The van der Waals surface area contributed by atoms with Crippen LogP contribution in [0, 0.1) is 0 Å². The van der Waals surface area contributed by atoms with Gasteiger partial charge in [0.15, 0.2) is 6.10 Å². The average Bonchev–Trinajstić information content (AvgIpc) is 3.30. The molecule has 0 aromatic carbocycles. The van der Waals surface area contributed by atoms with E-state index in [1.54, 1.807) is 0 Å². The third-order valence-electron chi connectivity index (χ3n) is 10.5. The number of esters is 3. The Bertz CT molecular complexity index is 1400. The van der Waals surface area contributed by atoms with Crippen LogP contribution in [-0.4, -0.2) is 37.2 Å². The number of carbonyl (C=O) groups excluding carboxylic acids is 3. The highest BCUT2D eigenvalue weighted by atomic mass is 16.6. The van der Waals surface area contributed by atoms with E-state index in [-0.39, 0.29) is 37.5 Å². The molecule has 366 valence electrons. The fourth-order valence-corrected chi connectivity index (χ4v) is 6.54. The molecule has 1 unspecified atom stereocenters. The van der Waals surface area contributed by atoms with Gasteiger partial charge in [-0.15, -0.1) is 0 Å². The highest BCUT2D eigenvalue weighted by Crippen LogP contribution is 2.12. The lowest BCUT2D eigenvalue weighted by Gasteiger charge is -2.18. The minimum Gasteiger partial charge on any atom is -0.462 e. The molecule has 6 heteroatoms. The van der Waals surface area contributed by atoms with E-state index in [2.05, 4.69) is 142 Å². The minimum absolute atomic E-state index is 0.102. The van der Waals surface area contributed by atoms with Crippen molar-refractivity contribution in [1.29, 1.82) is 0 Å². The Labute approximate surface area is 399 Å². The molecular formula is C59H94O6. The summed E-state index contributed by atoms with van der Waals surface area (Å²) in [6, 6.07) is 0. The molecule has 0 bridgehead atoms. The van der Waals surface area contributed by atoms with Crippen molar-refractivity contribution in [3.8, 4) is 0 Å². The molecule has 0 amide bonds. The second-order valence-corrected chi connectivity index (χ2v) is 16.7. The summed E-state index contributed by atoms with van der Waals surface area (Å²) in [7, 11) is 0. The number of hydrogen-bond donors (Lipinski definition) is 0. The van der Waals surface area contributed by atoms with Crippen LogP contribution in [0.25, 0.3) is 0 Å². The highest BCUT2D eigenvalue weighted by molar-refractivity contribution is 5.71. The predicted molar refractivity (Wildman–Crippen MR) is 279 cm³/mol. The molecule has 0 heterocycles. The number of rotatable bonds is 45. The van der Waals surface area contributed by atoms with Gasteiger partial charge in [-0.1, -0.05) is 213 Å². The van der Waals surface area contributed by atoms with E-state index in [0.29, 0.717) is 19.3 Å². The standard InChI is InChI=1S/C59H94O6/c1-4-7-10-13-16-18-20-21-22-23-24-25-26-27-28-29-30-31-32-33-34-35-36-37-39-40-43-46-49-52-58(61)64-55-56(54-63-57(60)51-48-45-42-15-12-9-6-3)65-59(62)53-50-47-44-41-38-19-17-14-11-8-5-2/h7,10,14,16-18,21-22,24-25,27-28,30-31,33-34,36-37,40,43,56H,4-6,8-9,11-13,15,19-20,23,26,29,32,35,38-39,41-42,44-55H2,1-3H3/b10-7-,17-14-,18-16-,22-21-,25-24-,28-27-,31-30-,34-33-,37-36-,43-40-. The minimum atomic E-state index is -0.804. The lowest BCUT2D eigenvalue weighted by atomic mass is 10.1.